The molecule has 1 saturated heterocycles. The monoisotopic (exact) mass is 323 g/mol. The number of carboxylic acids is 1. The average molecular weight is 323 g/mol. The second-order valence-electron chi connectivity index (χ2n) is 4.75. The van der Waals surface area contributed by atoms with E-state index in [-0.39, 0.29) is 17.0 Å². The summed E-state index contributed by atoms with van der Waals surface area (Å²) in [6.45, 7) is 1.90. The Bertz CT molecular complexity index is 680. The minimum absolute atomic E-state index is 0.0452. The maximum Gasteiger partial charge on any atom is 0.352 e. The van der Waals surface area contributed by atoms with Gasteiger partial charge in [0.05, 0.1) is 11.2 Å². The molecule has 1 unspecified atom stereocenters. The predicted molar refractivity (Wildman–Crippen MR) is 81.6 cm³/mol. The minimum Gasteiger partial charge on any atom is -0.477 e. The van der Waals surface area contributed by atoms with Gasteiger partial charge in [-0.25, -0.2) is 9.78 Å². The normalized spacial score (nSPS) is 25.2. The van der Waals surface area contributed by atoms with E-state index in [9.17, 15) is 14.7 Å². The first-order valence-corrected chi connectivity index (χ1v) is 8.18. The van der Waals surface area contributed by atoms with Gasteiger partial charge in [0.2, 0.25) is 5.91 Å². The molecule has 3 N–H and O–H groups in total. The number of carboxylic acid groups (broad SMARTS) is 1. The quantitative estimate of drug-likeness (QED) is 0.807. The third-order valence-electron chi connectivity index (χ3n) is 3.46. The number of nitrogens with zero attached hydrogens (tertiary/aromatic N) is 2. The van der Waals surface area contributed by atoms with Crippen LogP contribution in [0.2, 0.25) is 0 Å². The van der Waals surface area contributed by atoms with Crippen molar-refractivity contribution in [2.75, 3.05) is 5.75 Å². The van der Waals surface area contributed by atoms with Crippen LogP contribution in [0.3, 0.4) is 0 Å². The molecule has 0 aliphatic carbocycles. The van der Waals surface area contributed by atoms with E-state index in [2.05, 4.69) is 4.98 Å². The van der Waals surface area contributed by atoms with Gasteiger partial charge >= 0.3 is 5.97 Å². The zero-order chi connectivity index (χ0) is 15.1. The highest BCUT2D eigenvalue weighted by atomic mass is 32.2. The number of fused-ring (bicyclic) bond motifs is 1. The minimum atomic E-state index is -1.10. The molecule has 1 amide bonds. The van der Waals surface area contributed by atoms with Crippen LogP contribution in [-0.2, 0) is 9.59 Å². The van der Waals surface area contributed by atoms with Crippen LogP contribution >= 0.6 is 23.1 Å². The predicted octanol–water partition coefficient (Wildman–Crippen LogP) is 1.05. The van der Waals surface area contributed by atoms with Crippen molar-refractivity contribution in [3.63, 3.8) is 0 Å². The molecule has 0 bridgehead atoms. The smallest absolute Gasteiger partial charge is 0.352 e. The molecule has 2 aliphatic rings. The Balaban J connectivity index is 1.95. The first-order chi connectivity index (χ1) is 10.0. The molecule has 0 spiro atoms. The number of β-lactam (4-membered cyclic amide) rings is 1. The summed E-state index contributed by atoms with van der Waals surface area (Å²) in [6, 6.07) is -0.598. The van der Waals surface area contributed by atoms with Gasteiger partial charge in [-0.15, -0.1) is 23.1 Å². The van der Waals surface area contributed by atoms with E-state index in [1.807, 2.05) is 13.0 Å². The number of aromatic nitrogens is 1. The number of allylic oxidation sites excluding steroid dienone is 1. The van der Waals surface area contributed by atoms with E-state index in [0.717, 1.165) is 10.6 Å². The van der Waals surface area contributed by atoms with Crippen molar-refractivity contribution < 1.29 is 14.7 Å². The summed E-state index contributed by atoms with van der Waals surface area (Å²) in [6.07, 6.45) is 3.60. The van der Waals surface area contributed by atoms with Gasteiger partial charge < -0.3 is 10.8 Å². The average Bonchev–Trinajstić information content (AvgIpc) is 2.88. The number of thioether (sulfide) groups is 1. The van der Waals surface area contributed by atoms with Crippen molar-refractivity contribution >= 4 is 41.1 Å². The van der Waals surface area contributed by atoms with Crippen LogP contribution in [0, 0.1) is 6.92 Å². The van der Waals surface area contributed by atoms with Crippen LogP contribution < -0.4 is 5.73 Å². The molecule has 3 heterocycles. The van der Waals surface area contributed by atoms with Crippen molar-refractivity contribution in [3.8, 4) is 0 Å². The standard InChI is InChI=1S/C13H13N3O3S2/c1-6-8(21-5-15-6)3-2-7-4-20-12-9(14)11(17)16(12)10(7)13(18)19/h2-3,5,9,12H,4,14H2,1H3,(H,18,19)/b3-2-/t9?,12-/m0/s1. The number of thiazole rings is 1. The highest BCUT2D eigenvalue weighted by molar-refractivity contribution is 8.00. The van der Waals surface area contributed by atoms with Crippen LogP contribution in [0.4, 0.5) is 0 Å². The van der Waals surface area contributed by atoms with Gasteiger partial charge in [0.15, 0.2) is 0 Å². The lowest BCUT2D eigenvalue weighted by atomic mass is 10.0. The summed E-state index contributed by atoms with van der Waals surface area (Å²) < 4.78 is 0. The molecule has 0 aromatic carbocycles. The fourth-order valence-electron chi connectivity index (χ4n) is 2.32. The maximum absolute atomic E-state index is 11.8. The third kappa shape index (κ3) is 2.29. The Labute approximate surface area is 129 Å². The zero-order valence-electron chi connectivity index (χ0n) is 11.1. The molecule has 0 saturated carbocycles. The summed E-state index contributed by atoms with van der Waals surface area (Å²) in [5.74, 6) is -0.899. The number of hydrogen-bond donors (Lipinski definition) is 2. The van der Waals surface area contributed by atoms with Crippen LogP contribution in [0.25, 0.3) is 6.08 Å². The second-order valence-corrected chi connectivity index (χ2v) is 6.74. The van der Waals surface area contributed by atoms with E-state index in [4.69, 9.17) is 5.73 Å². The number of hydrogen-bond acceptors (Lipinski definition) is 6. The number of carbonyl (C=O) groups excluding carboxylic acids is 1. The van der Waals surface area contributed by atoms with Crippen molar-refractivity contribution in [1.29, 1.82) is 0 Å². The second kappa shape index (κ2) is 5.28. The van der Waals surface area contributed by atoms with Gasteiger partial charge in [0.25, 0.3) is 0 Å². The zero-order valence-corrected chi connectivity index (χ0v) is 12.8. The Morgan fingerprint density at radius 3 is 2.95 bits per heavy atom. The fourth-order valence-corrected chi connectivity index (χ4v) is 4.27. The molecule has 21 heavy (non-hydrogen) atoms. The molecule has 2 aliphatic heterocycles. The Morgan fingerprint density at radius 1 is 1.57 bits per heavy atom. The van der Waals surface area contributed by atoms with Crippen LogP contribution in [-0.4, -0.2) is 44.0 Å². The Kier molecular flexibility index (Phi) is 3.60. The number of rotatable bonds is 3. The number of carbonyl (C=O) groups is 2. The number of amides is 1. The van der Waals surface area contributed by atoms with Gasteiger partial charge in [0.1, 0.15) is 17.1 Å². The van der Waals surface area contributed by atoms with Gasteiger partial charge in [-0.3, -0.25) is 9.69 Å². The summed E-state index contributed by atoms with van der Waals surface area (Å²) in [5, 5.41) is 9.14. The lowest BCUT2D eigenvalue weighted by Gasteiger charge is -2.47. The summed E-state index contributed by atoms with van der Waals surface area (Å²) in [7, 11) is 0. The molecule has 1 fully saturated rings. The van der Waals surface area contributed by atoms with E-state index in [1.165, 1.54) is 28.0 Å². The molecule has 6 nitrogen and oxygen atoms in total. The van der Waals surface area contributed by atoms with Crippen molar-refractivity contribution in [2.45, 2.75) is 18.3 Å². The first-order valence-electron chi connectivity index (χ1n) is 6.25. The Hall–Kier alpha value is -1.64. The Morgan fingerprint density at radius 2 is 2.33 bits per heavy atom. The summed E-state index contributed by atoms with van der Waals surface area (Å²) in [4.78, 5) is 29.7. The molecule has 0 radical (unpaired) electrons. The topological polar surface area (TPSA) is 96.5 Å². The molecular formula is C13H13N3O3S2. The van der Waals surface area contributed by atoms with Gasteiger partial charge in [-0.1, -0.05) is 6.08 Å². The summed E-state index contributed by atoms with van der Waals surface area (Å²) in [5.41, 5.74) is 9.01. The van der Waals surface area contributed by atoms with Gasteiger partial charge in [-0.2, -0.15) is 0 Å². The largest absolute Gasteiger partial charge is 0.477 e. The van der Waals surface area contributed by atoms with E-state index in [0.29, 0.717) is 11.3 Å². The van der Waals surface area contributed by atoms with Crippen LogP contribution in [0.15, 0.2) is 22.9 Å². The lowest BCUT2D eigenvalue weighted by Crippen LogP contribution is -2.68. The van der Waals surface area contributed by atoms with E-state index >= 15 is 0 Å². The maximum atomic E-state index is 11.8. The molecule has 8 heteroatoms. The molecule has 1 aromatic heterocycles. The number of nitrogens with two attached hydrogens (primary N) is 1. The van der Waals surface area contributed by atoms with Crippen molar-refractivity contribution in [3.05, 3.63) is 33.4 Å². The lowest BCUT2D eigenvalue weighted by molar-refractivity contribution is -0.147. The number of aryl methyl sites for hydroxylation is 1. The highest BCUT2D eigenvalue weighted by Crippen LogP contribution is 2.39. The number of aliphatic carboxylic acids is 1. The van der Waals surface area contributed by atoms with Crippen molar-refractivity contribution in [1.82, 2.24) is 9.88 Å². The fraction of sp³-hybridized carbons (Fsp3) is 0.308. The van der Waals surface area contributed by atoms with Crippen LogP contribution in [0.1, 0.15) is 10.6 Å². The molecule has 1 aromatic rings. The summed E-state index contributed by atoms with van der Waals surface area (Å²) >= 11 is 2.98. The molecular weight excluding hydrogens is 310 g/mol. The third-order valence-corrected chi connectivity index (χ3v) is 5.68. The van der Waals surface area contributed by atoms with Gasteiger partial charge in [-0.05, 0) is 18.6 Å². The highest BCUT2D eigenvalue weighted by Gasteiger charge is 2.51. The SMILES string of the molecule is Cc1ncsc1/C=C\C1=C(C(=O)O)N2C(=O)C(N)[C@@H]2SC1. The molecule has 110 valence electrons. The first kappa shape index (κ1) is 14.3. The van der Waals surface area contributed by atoms with Crippen LogP contribution in [0.5, 0.6) is 0 Å². The van der Waals surface area contributed by atoms with Gasteiger partial charge in [0, 0.05) is 10.6 Å². The van der Waals surface area contributed by atoms with Crippen molar-refractivity contribution in [2.24, 2.45) is 5.73 Å². The van der Waals surface area contributed by atoms with E-state index < -0.39 is 12.0 Å². The molecule has 2 atom stereocenters. The van der Waals surface area contributed by atoms with E-state index in [1.54, 1.807) is 11.6 Å². The molecule has 3 rings (SSSR count).